The van der Waals surface area contributed by atoms with Gasteiger partial charge in [-0.1, -0.05) is 200 Å². The Morgan fingerprint density at radius 3 is 1.44 bits per heavy atom. The van der Waals surface area contributed by atoms with Crippen LogP contribution in [0, 0.1) is 0 Å². The highest BCUT2D eigenvalue weighted by molar-refractivity contribution is 6.08. The Morgan fingerprint density at radius 1 is 0.262 bits per heavy atom. The molecule has 0 saturated heterocycles. The number of fused-ring (bicyclic) bond motifs is 4. The average molecular weight is 780 g/mol. The van der Waals surface area contributed by atoms with Gasteiger partial charge in [-0.15, -0.1) is 0 Å². The minimum Gasteiger partial charge on any atom is -0.311 e. The summed E-state index contributed by atoms with van der Waals surface area (Å²) in [5.41, 5.74) is 10.9. The standard InChI is InChI=1S/C60H41N/c1-3-12-42(13-4-1)49-18-11-19-50(40-49)43-24-32-53(33-25-43)61(54-34-26-44(27-35-54)51-31-38-57-52(41-51)23-22-46-16-7-9-20-56(46)57)55-36-28-48(29-37-55)60-58-21-10-8-17-47(58)30-39-59(60)45-14-5-2-6-15-45/h1-41H/i24D,25D,32D,33D. The van der Waals surface area contributed by atoms with Gasteiger partial charge in [-0.3, -0.25) is 0 Å². The lowest BCUT2D eigenvalue weighted by Crippen LogP contribution is -2.09. The smallest absolute Gasteiger partial charge is 0.0645 e. The van der Waals surface area contributed by atoms with Gasteiger partial charge in [-0.05, 0) is 136 Å². The van der Waals surface area contributed by atoms with E-state index in [1.807, 2.05) is 89.8 Å². The monoisotopic (exact) mass is 779 g/mol. The van der Waals surface area contributed by atoms with Crippen molar-refractivity contribution in [2.75, 3.05) is 4.90 Å². The van der Waals surface area contributed by atoms with Crippen LogP contribution in [0.1, 0.15) is 5.48 Å². The second-order valence-corrected chi connectivity index (χ2v) is 15.4. The summed E-state index contributed by atoms with van der Waals surface area (Å²) in [5, 5.41) is 7.08. The van der Waals surface area contributed by atoms with Crippen LogP contribution in [0.15, 0.2) is 249 Å². The van der Waals surface area contributed by atoms with Crippen LogP contribution in [0.5, 0.6) is 0 Å². The number of anilines is 3. The molecule has 61 heavy (non-hydrogen) atoms. The molecule has 0 unspecified atom stereocenters. The summed E-state index contributed by atoms with van der Waals surface area (Å²) in [6.45, 7) is 0. The first-order valence-electron chi connectivity index (χ1n) is 22.7. The van der Waals surface area contributed by atoms with Crippen molar-refractivity contribution in [3.05, 3.63) is 249 Å². The van der Waals surface area contributed by atoms with Crippen molar-refractivity contribution in [3.63, 3.8) is 0 Å². The van der Waals surface area contributed by atoms with E-state index in [1.54, 1.807) is 0 Å². The van der Waals surface area contributed by atoms with E-state index in [-0.39, 0.29) is 35.4 Å². The average Bonchev–Trinajstić information content (AvgIpc) is 3.37. The van der Waals surface area contributed by atoms with E-state index in [0.29, 0.717) is 16.9 Å². The van der Waals surface area contributed by atoms with Gasteiger partial charge >= 0.3 is 0 Å². The molecule has 0 N–H and O–H groups in total. The van der Waals surface area contributed by atoms with E-state index in [4.69, 9.17) is 0 Å². The lowest BCUT2D eigenvalue weighted by atomic mass is 9.89. The fourth-order valence-corrected chi connectivity index (χ4v) is 8.67. The van der Waals surface area contributed by atoms with Crippen molar-refractivity contribution in [2.24, 2.45) is 0 Å². The summed E-state index contributed by atoms with van der Waals surface area (Å²) in [6.07, 6.45) is 0. The molecule has 0 aliphatic carbocycles. The molecule has 11 aromatic rings. The highest BCUT2D eigenvalue weighted by Gasteiger charge is 2.17. The van der Waals surface area contributed by atoms with Crippen LogP contribution in [0.3, 0.4) is 0 Å². The zero-order valence-corrected chi connectivity index (χ0v) is 33.3. The van der Waals surface area contributed by atoms with Crippen LogP contribution >= 0.6 is 0 Å². The van der Waals surface area contributed by atoms with Crippen molar-refractivity contribution in [1.29, 1.82) is 0 Å². The molecule has 11 rings (SSSR count). The molecule has 0 saturated carbocycles. The van der Waals surface area contributed by atoms with Gasteiger partial charge in [0.1, 0.15) is 0 Å². The van der Waals surface area contributed by atoms with Crippen LogP contribution in [-0.2, 0) is 0 Å². The van der Waals surface area contributed by atoms with Crippen LogP contribution in [0.25, 0.3) is 88.0 Å². The highest BCUT2D eigenvalue weighted by atomic mass is 15.1. The van der Waals surface area contributed by atoms with Gasteiger partial charge in [-0.2, -0.15) is 0 Å². The molecule has 0 spiro atoms. The Labute approximate surface area is 362 Å². The van der Waals surface area contributed by atoms with Crippen LogP contribution in [-0.4, -0.2) is 0 Å². The minimum absolute atomic E-state index is 0.101. The molecule has 0 radical (unpaired) electrons. The first-order valence-corrected chi connectivity index (χ1v) is 20.7. The van der Waals surface area contributed by atoms with E-state index in [2.05, 4.69) is 140 Å². The molecule has 0 fully saturated rings. The number of rotatable bonds is 8. The van der Waals surface area contributed by atoms with Gasteiger partial charge < -0.3 is 4.90 Å². The van der Waals surface area contributed by atoms with E-state index >= 15 is 0 Å². The van der Waals surface area contributed by atoms with Crippen molar-refractivity contribution in [3.8, 4) is 55.6 Å². The van der Waals surface area contributed by atoms with E-state index in [1.165, 1.54) is 16.2 Å². The fourth-order valence-electron chi connectivity index (χ4n) is 8.67. The highest BCUT2D eigenvalue weighted by Crippen LogP contribution is 2.42. The summed E-state index contributed by atoms with van der Waals surface area (Å²) in [4.78, 5) is 1.87. The minimum atomic E-state index is -0.124. The Morgan fingerprint density at radius 2 is 0.738 bits per heavy atom. The van der Waals surface area contributed by atoms with Gasteiger partial charge in [0.15, 0.2) is 0 Å². The first kappa shape index (κ1) is 31.9. The number of benzene rings is 11. The lowest BCUT2D eigenvalue weighted by molar-refractivity contribution is 1.28. The summed E-state index contributed by atoms with van der Waals surface area (Å²) in [7, 11) is 0. The Kier molecular flexibility index (Phi) is 8.18. The molecular weight excluding hydrogens is 735 g/mol. The summed E-state index contributed by atoms with van der Waals surface area (Å²) >= 11 is 0. The third-order valence-corrected chi connectivity index (χ3v) is 11.7. The number of hydrogen-bond donors (Lipinski definition) is 0. The van der Waals surface area contributed by atoms with Crippen LogP contribution < -0.4 is 4.90 Å². The summed E-state index contributed by atoms with van der Waals surface area (Å²) < 4.78 is 38.2. The Balaban J connectivity index is 1.05. The van der Waals surface area contributed by atoms with Gasteiger partial charge in [0.05, 0.1) is 5.48 Å². The van der Waals surface area contributed by atoms with E-state index < -0.39 is 0 Å². The normalized spacial score (nSPS) is 12.2. The zero-order chi connectivity index (χ0) is 44.0. The molecule has 286 valence electrons. The Bertz CT molecular complexity index is 3540. The Hall–Kier alpha value is -8.00. The fraction of sp³-hybridized carbons (Fsp3) is 0. The van der Waals surface area contributed by atoms with Gasteiger partial charge in [0.25, 0.3) is 0 Å². The molecule has 0 amide bonds. The largest absolute Gasteiger partial charge is 0.311 e. The molecule has 0 aromatic heterocycles. The van der Waals surface area contributed by atoms with Crippen LogP contribution in [0.4, 0.5) is 17.1 Å². The maximum atomic E-state index is 9.64. The summed E-state index contributed by atoms with van der Waals surface area (Å²) in [5.74, 6) is 0. The molecular formula is C60H41N. The molecule has 0 aliphatic rings. The number of hydrogen-bond acceptors (Lipinski definition) is 1. The quantitative estimate of drug-likeness (QED) is 0.139. The summed E-state index contributed by atoms with van der Waals surface area (Å²) in [6, 6.07) is 76.2. The predicted molar refractivity (Wildman–Crippen MR) is 261 cm³/mol. The molecule has 1 nitrogen and oxygen atoms in total. The first-order chi connectivity index (χ1) is 31.9. The van der Waals surface area contributed by atoms with Crippen molar-refractivity contribution in [1.82, 2.24) is 0 Å². The van der Waals surface area contributed by atoms with Crippen molar-refractivity contribution in [2.45, 2.75) is 0 Å². The third-order valence-electron chi connectivity index (χ3n) is 11.7. The maximum Gasteiger partial charge on any atom is 0.0645 e. The van der Waals surface area contributed by atoms with E-state index in [9.17, 15) is 5.48 Å². The molecule has 1 heteroatoms. The van der Waals surface area contributed by atoms with Gasteiger partial charge in [0, 0.05) is 17.1 Å². The maximum absolute atomic E-state index is 9.64. The molecule has 0 aliphatic heterocycles. The van der Waals surface area contributed by atoms with Gasteiger partial charge in [-0.25, -0.2) is 0 Å². The van der Waals surface area contributed by atoms with Crippen molar-refractivity contribution < 1.29 is 5.48 Å². The van der Waals surface area contributed by atoms with Crippen LogP contribution in [0.2, 0.25) is 0 Å². The second-order valence-electron chi connectivity index (χ2n) is 15.4. The molecule has 11 aromatic carbocycles. The molecule has 0 bridgehead atoms. The third kappa shape index (κ3) is 6.93. The topological polar surface area (TPSA) is 3.24 Å². The van der Waals surface area contributed by atoms with Crippen molar-refractivity contribution >= 4 is 49.4 Å². The SMILES string of the molecule is [2H]c1c([2H])c(N(c2ccc(-c3ccc4c(ccc5ccccc54)c3)cc2)c2ccc(-c3c(-c4ccccc4)ccc4ccccc34)cc2)c([2H])c([2H])c1-c1cccc(-c2ccccc2)c1. The van der Waals surface area contributed by atoms with Gasteiger partial charge in [0.2, 0.25) is 0 Å². The van der Waals surface area contributed by atoms with E-state index in [0.717, 1.165) is 60.7 Å². The molecule has 0 atom stereocenters. The zero-order valence-electron chi connectivity index (χ0n) is 37.3. The number of nitrogens with zero attached hydrogens (tertiary/aromatic N) is 1. The predicted octanol–water partition coefficient (Wildman–Crippen LogP) is 17.0. The molecule has 0 heterocycles. The lowest BCUT2D eigenvalue weighted by Gasteiger charge is -2.26. The second kappa shape index (κ2) is 15.6.